The second-order valence-corrected chi connectivity index (χ2v) is 7.75. The minimum Gasteiger partial charge on any atom is -0.487 e. The average Bonchev–Trinajstić information content (AvgIpc) is 2.53. The van der Waals surface area contributed by atoms with E-state index in [1.165, 1.54) is 25.3 Å². The molecule has 25 heavy (non-hydrogen) atoms. The first kappa shape index (κ1) is 21.7. The molecule has 0 amide bonds. The Morgan fingerprint density at radius 1 is 1.40 bits per heavy atom. The van der Waals surface area contributed by atoms with Crippen molar-refractivity contribution in [3.63, 3.8) is 0 Å². The Bertz CT molecular complexity index is 679. The second-order valence-electron chi connectivity index (χ2n) is 5.63. The zero-order chi connectivity index (χ0) is 19.0. The molecule has 0 fully saturated rings. The van der Waals surface area contributed by atoms with Gasteiger partial charge in [-0.3, -0.25) is 4.79 Å². The highest BCUT2D eigenvalue weighted by Gasteiger charge is 2.28. The molecule has 9 heteroatoms. The Morgan fingerprint density at radius 2 is 2.08 bits per heavy atom. The normalized spacial score (nSPS) is 14.1. The third kappa shape index (κ3) is 6.81. The molecule has 0 spiro atoms. The number of rotatable bonds is 11. The summed E-state index contributed by atoms with van der Waals surface area (Å²) >= 11 is 5.91. The molecule has 142 valence electrons. The van der Waals surface area contributed by atoms with Crippen molar-refractivity contribution < 1.29 is 27.8 Å². The van der Waals surface area contributed by atoms with Crippen LogP contribution >= 0.6 is 11.6 Å². The molecule has 1 rings (SSSR count). The number of hydrogen-bond acceptors (Lipinski definition) is 5. The molecule has 1 aromatic rings. The molecule has 0 saturated carbocycles. The van der Waals surface area contributed by atoms with Crippen LogP contribution in [0.25, 0.3) is 0 Å². The lowest BCUT2D eigenvalue weighted by atomic mass is 10.1. The Balaban J connectivity index is 3.13. The van der Waals surface area contributed by atoms with Gasteiger partial charge in [0, 0.05) is 12.1 Å². The van der Waals surface area contributed by atoms with Gasteiger partial charge >= 0.3 is 5.97 Å². The Kier molecular flexibility index (Phi) is 8.64. The summed E-state index contributed by atoms with van der Waals surface area (Å²) in [6.07, 6.45) is 1.15. The third-order valence-corrected chi connectivity index (χ3v) is 5.09. The molecule has 0 aromatic heterocycles. The van der Waals surface area contributed by atoms with E-state index in [-0.39, 0.29) is 28.7 Å². The molecule has 1 unspecified atom stereocenters. The van der Waals surface area contributed by atoms with E-state index < -0.39 is 28.1 Å². The monoisotopic (exact) mass is 393 g/mol. The van der Waals surface area contributed by atoms with E-state index in [1.54, 1.807) is 6.92 Å². The Morgan fingerprint density at radius 3 is 2.64 bits per heavy atom. The van der Waals surface area contributed by atoms with E-state index in [0.717, 1.165) is 6.42 Å². The lowest BCUT2D eigenvalue weighted by Gasteiger charge is -2.19. The number of carboxylic acids is 1. The van der Waals surface area contributed by atoms with Gasteiger partial charge in [-0.1, -0.05) is 31.4 Å². The minimum absolute atomic E-state index is 0.0843. The van der Waals surface area contributed by atoms with Crippen molar-refractivity contribution in [1.82, 2.24) is 4.72 Å². The fourth-order valence-electron chi connectivity index (χ4n) is 2.17. The number of aliphatic carboxylic acids is 1. The van der Waals surface area contributed by atoms with E-state index in [2.05, 4.69) is 4.72 Å². The number of methoxy groups -OCH3 is 1. The van der Waals surface area contributed by atoms with Crippen molar-refractivity contribution in [2.24, 2.45) is 0 Å². The van der Waals surface area contributed by atoms with Crippen molar-refractivity contribution in [1.29, 1.82) is 0 Å². The first-order valence-electron chi connectivity index (χ1n) is 7.91. The Labute approximate surface area is 153 Å². The molecule has 2 atom stereocenters. The zero-order valence-electron chi connectivity index (χ0n) is 14.5. The number of carboxylic acid groups (broad SMARTS) is 1. The van der Waals surface area contributed by atoms with Crippen LogP contribution in [0.2, 0.25) is 5.02 Å². The minimum atomic E-state index is -4.13. The van der Waals surface area contributed by atoms with Gasteiger partial charge in [0.15, 0.2) is 0 Å². The topological polar surface area (TPSA) is 102 Å². The number of ether oxygens (including phenoxy) is 2. The van der Waals surface area contributed by atoms with Gasteiger partial charge in [-0.05, 0) is 31.5 Å². The number of halogens is 1. The molecule has 0 aliphatic rings. The lowest BCUT2D eigenvalue weighted by Crippen LogP contribution is -2.40. The van der Waals surface area contributed by atoms with Gasteiger partial charge in [0.1, 0.15) is 22.8 Å². The Hall–Kier alpha value is -1.35. The molecule has 2 N–H and O–H groups in total. The summed E-state index contributed by atoms with van der Waals surface area (Å²) in [5, 5.41) is 9.45. The van der Waals surface area contributed by atoms with Crippen molar-refractivity contribution in [3.8, 4) is 5.75 Å². The molecule has 0 saturated heterocycles. The number of benzene rings is 1. The van der Waals surface area contributed by atoms with Crippen molar-refractivity contribution >= 4 is 27.6 Å². The van der Waals surface area contributed by atoms with Crippen LogP contribution in [0.4, 0.5) is 0 Å². The predicted molar refractivity (Wildman–Crippen MR) is 94.7 cm³/mol. The summed E-state index contributed by atoms with van der Waals surface area (Å²) in [7, 11) is -2.62. The fourth-order valence-corrected chi connectivity index (χ4v) is 3.79. The van der Waals surface area contributed by atoms with Gasteiger partial charge in [0.25, 0.3) is 0 Å². The summed E-state index contributed by atoms with van der Waals surface area (Å²) in [5.41, 5.74) is 0. The van der Waals surface area contributed by atoms with Crippen LogP contribution < -0.4 is 9.46 Å². The van der Waals surface area contributed by atoms with Crippen LogP contribution in [0.15, 0.2) is 23.1 Å². The lowest BCUT2D eigenvalue weighted by molar-refractivity contribution is -0.139. The van der Waals surface area contributed by atoms with Gasteiger partial charge in [-0.15, -0.1) is 0 Å². The summed E-state index contributed by atoms with van der Waals surface area (Å²) in [4.78, 5) is 11.1. The first-order chi connectivity index (χ1) is 11.7. The molecule has 0 aliphatic carbocycles. The van der Waals surface area contributed by atoms with Gasteiger partial charge in [-0.2, -0.15) is 4.72 Å². The molecule has 0 radical (unpaired) electrons. The number of hydrogen-bond donors (Lipinski definition) is 2. The van der Waals surface area contributed by atoms with Gasteiger partial charge in [-0.25, -0.2) is 8.42 Å². The predicted octanol–water partition coefficient (Wildman–Crippen LogP) is 2.68. The third-order valence-electron chi connectivity index (χ3n) is 3.37. The SMILES string of the molecule is CCCC[C@H](NS(=O)(=O)c1cc(Cl)ccc1OC(C)COC)C(=O)O. The van der Waals surface area contributed by atoms with Crippen molar-refractivity contribution in [3.05, 3.63) is 23.2 Å². The van der Waals surface area contributed by atoms with Crippen molar-refractivity contribution in [2.75, 3.05) is 13.7 Å². The summed E-state index contributed by atoms with van der Waals surface area (Å²) < 4.78 is 38.1. The van der Waals surface area contributed by atoms with E-state index >= 15 is 0 Å². The van der Waals surface area contributed by atoms with Crippen LogP contribution in [-0.2, 0) is 19.6 Å². The smallest absolute Gasteiger partial charge is 0.321 e. The highest BCUT2D eigenvalue weighted by Crippen LogP contribution is 2.28. The van der Waals surface area contributed by atoms with Crippen LogP contribution in [0.5, 0.6) is 5.75 Å². The highest BCUT2D eigenvalue weighted by atomic mass is 35.5. The molecular weight excluding hydrogens is 370 g/mol. The molecule has 1 aromatic carbocycles. The molecular formula is C16H24ClNO6S. The number of carbonyl (C=O) groups is 1. The van der Waals surface area contributed by atoms with Crippen LogP contribution in [0.1, 0.15) is 33.1 Å². The van der Waals surface area contributed by atoms with Gasteiger partial charge in [0.05, 0.1) is 6.61 Å². The first-order valence-corrected chi connectivity index (χ1v) is 9.77. The van der Waals surface area contributed by atoms with E-state index in [9.17, 15) is 18.3 Å². The summed E-state index contributed by atoms with van der Waals surface area (Å²) in [6, 6.07) is 2.96. The van der Waals surface area contributed by atoms with E-state index in [1.807, 2.05) is 6.92 Å². The average molecular weight is 394 g/mol. The van der Waals surface area contributed by atoms with Gasteiger partial charge < -0.3 is 14.6 Å². The maximum absolute atomic E-state index is 12.7. The van der Waals surface area contributed by atoms with E-state index in [0.29, 0.717) is 6.42 Å². The maximum Gasteiger partial charge on any atom is 0.321 e. The quantitative estimate of drug-likeness (QED) is 0.599. The molecule has 0 bridgehead atoms. The zero-order valence-corrected chi connectivity index (χ0v) is 16.1. The molecule has 7 nitrogen and oxygen atoms in total. The summed E-state index contributed by atoms with van der Waals surface area (Å²) in [6.45, 7) is 3.89. The van der Waals surface area contributed by atoms with Crippen LogP contribution in [0.3, 0.4) is 0 Å². The highest BCUT2D eigenvalue weighted by molar-refractivity contribution is 7.89. The van der Waals surface area contributed by atoms with Crippen molar-refractivity contribution in [2.45, 2.75) is 50.2 Å². The second kappa shape index (κ2) is 9.96. The number of nitrogens with one attached hydrogen (secondary N) is 1. The molecule has 0 heterocycles. The number of unbranched alkanes of at least 4 members (excludes halogenated alkanes) is 1. The van der Waals surface area contributed by atoms with Gasteiger partial charge in [0.2, 0.25) is 10.0 Å². The maximum atomic E-state index is 12.7. The van der Waals surface area contributed by atoms with Crippen LogP contribution in [-0.4, -0.2) is 45.4 Å². The van der Waals surface area contributed by atoms with Crippen LogP contribution in [0, 0.1) is 0 Å². The number of sulfonamides is 1. The molecule has 0 aliphatic heterocycles. The fraction of sp³-hybridized carbons (Fsp3) is 0.562. The standard InChI is InChI=1S/C16H24ClNO6S/c1-4-5-6-13(16(19)20)18-25(21,22)15-9-12(17)7-8-14(15)24-11(2)10-23-3/h7-9,11,13,18H,4-6,10H2,1-3H3,(H,19,20)/t11?,13-/m0/s1. The summed E-state index contributed by atoms with van der Waals surface area (Å²) in [5.74, 6) is -1.14. The largest absolute Gasteiger partial charge is 0.487 e. The van der Waals surface area contributed by atoms with E-state index in [4.69, 9.17) is 21.1 Å².